The van der Waals surface area contributed by atoms with Gasteiger partial charge in [-0.15, -0.1) is 0 Å². The van der Waals surface area contributed by atoms with Crippen LogP contribution in [0.25, 0.3) is 0 Å². The van der Waals surface area contributed by atoms with Gasteiger partial charge < -0.3 is 10.1 Å². The van der Waals surface area contributed by atoms with E-state index in [2.05, 4.69) is 25.7 Å². The number of hydrogen-bond donors (Lipinski definition) is 0. The van der Waals surface area contributed by atoms with Gasteiger partial charge in [0.2, 0.25) is 0 Å². The lowest BCUT2D eigenvalue weighted by Crippen LogP contribution is -2.48. The zero-order valence-corrected chi connectivity index (χ0v) is 16.8. The Morgan fingerprint density at radius 3 is 2.50 bits per heavy atom. The van der Waals surface area contributed by atoms with Crippen molar-refractivity contribution < 1.29 is 4.74 Å². The van der Waals surface area contributed by atoms with Crippen molar-refractivity contribution in [2.75, 3.05) is 25.5 Å². The molecule has 1 aliphatic heterocycles. The van der Waals surface area contributed by atoms with Crippen LogP contribution in [0.1, 0.15) is 39.2 Å². The normalized spacial score (nSPS) is 20.5. The second-order valence-corrected chi connectivity index (χ2v) is 9.16. The Balaban J connectivity index is 2.26. The van der Waals surface area contributed by atoms with Gasteiger partial charge in [0.15, 0.2) is 6.21 Å². The third kappa shape index (κ3) is 4.22. The predicted octanol–water partition coefficient (Wildman–Crippen LogP) is 3.92. The minimum atomic E-state index is -0.268. The molecule has 0 radical (unpaired) electrons. The van der Waals surface area contributed by atoms with Crippen molar-refractivity contribution in [3.63, 3.8) is 0 Å². The Bertz CT molecular complexity index is 611. The lowest BCUT2D eigenvalue weighted by atomic mass is 10.1. The van der Waals surface area contributed by atoms with Crippen molar-refractivity contribution in [3.8, 4) is 0 Å². The first-order valence-electron chi connectivity index (χ1n) is 8.33. The molecular weight excluding hydrogens is 338 g/mol. The van der Waals surface area contributed by atoms with E-state index in [1.807, 2.05) is 43.3 Å². The van der Waals surface area contributed by atoms with E-state index < -0.39 is 0 Å². The van der Waals surface area contributed by atoms with Gasteiger partial charge >= 0.3 is 0 Å². The van der Waals surface area contributed by atoms with Crippen LogP contribution < -0.4 is 4.90 Å². The molecule has 1 atom stereocenters. The molecule has 24 heavy (non-hydrogen) atoms. The Morgan fingerprint density at radius 2 is 1.96 bits per heavy atom. The quantitative estimate of drug-likeness (QED) is 0.251. The highest BCUT2D eigenvalue weighted by Crippen LogP contribution is 2.41. The van der Waals surface area contributed by atoms with Crippen LogP contribution in [-0.2, 0) is 0 Å². The third-order valence-corrected chi connectivity index (χ3v) is 5.81. The van der Waals surface area contributed by atoms with Crippen molar-refractivity contribution in [2.24, 2.45) is 0 Å². The van der Waals surface area contributed by atoms with Crippen LogP contribution in [0.2, 0.25) is 0 Å². The molecule has 1 aromatic carbocycles. The van der Waals surface area contributed by atoms with Gasteiger partial charge in [-0.1, -0.05) is 37.3 Å². The van der Waals surface area contributed by atoms with Crippen LogP contribution in [0, 0.1) is 5.21 Å². The fourth-order valence-electron chi connectivity index (χ4n) is 2.87. The summed E-state index contributed by atoms with van der Waals surface area (Å²) in [7, 11) is 4.01. The molecule has 1 heterocycles. The van der Waals surface area contributed by atoms with Crippen LogP contribution in [0.5, 0.6) is 0 Å². The van der Waals surface area contributed by atoms with Crippen LogP contribution >= 0.6 is 24.0 Å². The molecule has 0 amide bonds. The molecule has 1 unspecified atom stereocenters. The lowest BCUT2D eigenvalue weighted by molar-refractivity contribution is -0.523. The summed E-state index contributed by atoms with van der Waals surface area (Å²) in [6.45, 7) is 7.17. The molecule has 1 saturated heterocycles. The van der Waals surface area contributed by atoms with Gasteiger partial charge in [-0.25, -0.2) is 0 Å². The summed E-state index contributed by atoms with van der Waals surface area (Å²) < 4.78 is 1.68. The summed E-state index contributed by atoms with van der Waals surface area (Å²) in [5.41, 5.74) is 2.02. The maximum Gasteiger partial charge on any atom is 0.254 e. The molecule has 2 rings (SSSR count). The summed E-state index contributed by atoms with van der Waals surface area (Å²) in [5, 5.41) is 12.9. The Labute approximate surface area is 155 Å². The van der Waals surface area contributed by atoms with Gasteiger partial charge in [-0.2, -0.15) is 4.74 Å². The summed E-state index contributed by atoms with van der Waals surface area (Å²) >= 11 is 7.14. The van der Waals surface area contributed by atoms with Crippen molar-refractivity contribution in [1.82, 2.24) is 4.90 Å². The zero-order chi connectivity index (χ0) is 17.9. The van der Waals surface area contributed by atoms with Gasteiger partial charge in [-0.3, -0.25) is 4.90 Å². The van der Waals surface area contributed by atoms with E-state index in [-0.39, 0.29) is 10.9 Å². The zero-order valence-electron chi connectivity index (χ0n) is 15.2. The van der Waals surface area contributed by atoms with E-state index in [0.29, 0.717) is 0 Å². The van der Waals surface area contributed by atoms with Gasteiger partial charge in [-0.05, 0) is 44.5 Å². The maximum atomic E-state index is 12.9. The van der Waals surface area contributed by atoms with Crippen molar-refractivity contribution in [1.29, 1.82) is 0 Å². The number of anilines is 1. The average molecular weight is 366 g/mol. The molecule has 0 aromatic heterocycles. The molecule has 132 valence electrons. The number of unbranched alkanes of at least 4 members (excludes halogenated alkanes) is 1. The first kappa shape index (κ1) is 19.1. The van der Waals surface area contributed by atoms with Crippen molar-refractivity contribution in [2.45, 2.75) is 44.5 Å². The number of hydrogen-bond acceptors (Lipinski definition) is 4. The first-order chi connectivity index (χ1) is 11.3. The van der Waals surface area contributed by atoms with Crippen molar-refractivity contribution >= 4 is 40.2 Å². The SMILES string of the molecule is CCCCN1C(=S)SC(C)(C)C1/[N+]([O-])=C/c1ccc(N(C)C)cc1. The fourth-order valence-corrected chi connectivity index (χ4v) is 4.80. The first-order valence-corrected chi connectivity index (χ1v) is 9.56. The number of benzene rings is 1. The van der Waals surface area contributed by atoms with Crippen LogP contribution in [0.3, 0.4) is 0 Å². The molecule has 0 N–H and O–H groups in total. The highest BCUT2D eigenvalue weighted by atomic mass is 32.2. The molecule has 6 heteroatoms. The van der Waals surface area contributed by atoms with E-state index in [0.717, 1.165) is 39.7 Å². The van der Waals surface area contributed by atoms with E-state index in [9.17, 15) is 5.21 Å². The number of hydroxylamine groups is 1. The van der Waals surface area contributed by atoms with Crippen molar-refractivity contribution in [3.05, 3.63) is 35.0 Å². The molecule has 0 aliphatic carbocycles. The number of nitrogens with zero attached hydrogens (tertiary/aromatic N) is 3. The summed E-state index contributed by atoms with van der Waals surface area (Å²) in [6.07, 6.45) is 3.54. The second kappa shape index (κ2) is 7.74. The summed E-state index contributed by atoms with van der Waals surface area (Å²) in [4.78, 5) is 4.13. The van der Waals surface area contributed by atoms with Crippen LogP contribution in [0.15, 0.2) is 24.3 Å². The molecule has 1 fully saturated rings. The van der Waals surface area contributed by atoms with E-state index in [4.69, 9.17) is 12.2 Å². The Hall–Kier alpha value is -1.27. The maximum absolute atomic E-state index is 12.9. The minimum Gasteiger partial charge on any atom is -0.622 e. The average Bonchev–Trinajstić information content (AvgIpc) is 2.74. The molecular formula is C18H27N3OS2. The minimum absolute atomic E-state index is 0.230. The van der Waals surface area contributed by atoms with Crippen LogP contribution in [0.4, 0.5) is 5.69 Å². The fraction of sp³-hybridized carbons (Fsp3) is 0.556. The van der Waals surface area contributed by atoms with Gasteiger partial charge in [0.1, 0.15) is 9.07 Å². The monoisotopic (exact) mass is 365 g/mol. The summed E-state index contributed by atoms with van der Waals surface area (Å²) in [5.74, 6) is 0. The molecule has 1 aliphatic rings. The standard InChI is InChI=1S/C18H27N3OS2/c1-6-7-12-20-16(18(2,3)24-17(20)23)21(22)13-14-8-10-15(11-9-14)19(4)5/h8-11,13,16H,6-7,12H2,1-5H3/b21-13-. The second-order valence-electron chi connectivity index (χ2n) is 6.87. The molecule has 1 aromatic rings. The molecule has 0 bridgehead atoms. The van der Waals surface area contributed by atoms with Gasteiger partial charge in [0, 0.05) is 31.9 Å². The smallest absolute Gasteiger partial charge is 0.254 e. The lowest BCUT2D eigenvalue weighted by Gasteiger charge is -2.29. The third-order valence-electron chi connectivity index (χ3n) is 4.18. The van der Waals surface area contributed by atoms with Crippen LogP contribution in [-0.4, -0.2) is 51.7 Å². The number of thiocarbonyl (C=S) groups is 1. The number of thioether (sulfide) groups is 1. The highest BCUT2D eigenvalue weighted by Gasteiger charge is 2.50. The molecule has 0 saturated carbocycles. The number of rotatable bonds is 6. The van der Waals surface area contributed by atoms with E-state index in [1.54, 1.807) is 18.0 Å². The van der Waals surface area contributed by atoms with Gasteiger partial charge in [0.05, 0.1) is 0 Å². The molecule has 0 spiro atoms. The van der Waals surface area contributed by atoms with E-state index >= 15 is 0 Å². The Kier molecular flexibility index (Phi) is 6.15. The topological polar surface area (TPSA) is 32.5 Å². The van der Waals surface area contributed by atoms with Gasteiger partial charge in [0.25, 0.3) is 6.17 Å². The Morgan fingerprint density at radius 1 is 1.33 bits per heavy atom. The largest absolute Gasteiger partial charge is 0.622 e. The van der Waals surface area contributed by atoms with E-state index in [1.165, 1.54) is 0 Å². The predicted molar refractivity (Wildman–Crippen MR) is 109 cm³/mol. The summed E-state index contributed by atoms with van der Waals surface area (Å²) in [6, 6.07) is 8.00. The highest BCUT2D eigenvalue weighted by molar-refractivity contribution is 8.24. The molecule has 4 nitrogen and oxygen atoms in total.